The quantitative estimate of drug-likeness (QED) is 0.630. The Kier molecular flexibility index (Phi) is 8.88. The Bertz CT molecular complexity index is 669. The van der Waals surface area contributed by atoms with Crippen molar-refractivity contribution in [2.75, 3.05) is 31.5 Å². The number of hydrogen-bond donors (Lipinski definition) is 2. The van der Waals surface area contributed by atoms with Gasteiger partial charge in [-0.15, -0.1) is 6.58 Å². The fourth-order valence-corrected chi connectivity index (χ4v) is 2.11. The van der Waals surface area contributed by atoms with Gasteiger partial charge in [0.05, 0.1) is 37.1 Å². The highest BCUT2D eigenvalue weighted by Crippen LogP contribution is 2.14. The van der Waals surface area contributed by atoms with Crippen molar-refractivity contribution in [1.29, 1.82) is 10.5 Å². The number of nitriles is 2. The largest absolute Gasteiger partial charge is 0.376 e. The number of carbonyl (C=O) groups excluding carboxylic acids is 2. The molecule has 0 radical (unpaired) electrons. The minimum Gasteiger partial charge on any atom is -0.376 e. The molecular weight excluding hydrogens is 318 g/mol. The third-order valence-electron chi connectivity index (χ3n) is 3.35. The van der Waals surface area contributed by atoms with E-state index in [4.69, 9.17) is 10.5 Å². The molecule has 1 aromatic rings. The monoisotopic (exact) mass is 339 g/mol. The van der Waals surface area contributed by atoms with Gasteiger partial charge < -0.3 is 15.5 Å². The first-order valence-corrected chi connectivity index (χ1v) is 7.87. The van der Waals surface area contributed by atoms with Crippen molar-refractivity contribution in [3.8, 4) is 12.1 Å². The van der Waals surface area contributed by atoms with Gasteiger partial charge in [0.2, 0.25) is 5.91 Å². The number of nitrogens with zero attached hydrogens (tertiary/aromatic N) is 3. The standard InChI is InChI=1S/C18H21N5O2/c1-2-11-21-18(25)15-7-3-4-8-16(15)22-14-17(24)23(12-5-9-19)13-6-10-20/h2-4,7-8,22H,1,5-6,11-14H2,(H,21,25). The summed E-state index contributed by atoms with van der Waals surface area (Å²) in [6.07, 6.45) is 2.00. The number of carbonyl (C=O) groups is 2. The van der Waals surface area contributed by atoms with Gasteiger partial charge in [0.15, 0.2) is 0 Å². The van der Waals surface area contributed by atoms with E-state index in [1.165, 1.54) is 4.90 Å². The molecule has 1 aromatic carbocycles. The van der Waals surface area contributed by atoms with Crippen LogP contribution in [-0.2, 0) is 4.79 Å². The van der Waals surface area contributed by atoms with Crippen LogP contribution in [0.1, 0.15) is 23.2 Å². The summed E-state index contributed by atoms with van der Waals surface area (Å²) in [5.41, 5.74) is 0.968. The molecule has 0 saturated heterocycles. The van der Waals surface area contributed by atoms with Crippen LogP contribution in [-0.4, -0.2) is 42.9 Å². The van der Waals surface area contributed by atoms with Gasteiger partial charge in [-0.05, 0) is 12.1 Å². The molecule has 0 bridgehead atoms. The summed E-state index contributed by atoms with van der Waals surface area (Å²) in [5.74, 6) is -0.493. The molecule has 2 amide bonds. The number of rotatable bonds is 10. The lowest BCUT2D eigenvalue weighted by Gasteiger charge is -2.21. The Morgan fingerprint density at radius 3 is 2.40 bits per heavy atom. The normalized spacial score (nSPS) is 9.36. The predicted molar refractivity (Wildman–Crippen MR) is 94.5 cm³/mol. The molecule has 2 N–H and O–H groups in total. The van der Waals surface area contributed by atoms with Crippen LogP contribution >= 0.6 is 0 Å². The Labute approximate surface area is 147 Å². The van der Waals surface area contributed by atoms with E-state index in [0.717, 1.165) is 0 Å². The van der Waals surface area contributed by atoms with E-state index in [2.05, 4.69) is 17.2 Å². The van der Waals surface area contributed by atoms with Crippen LogP contribution in [0.3, 0.4) is 0 Å². The number of nitrogens with one attached hydrogen (secondary N) is 2. The van der Waals surface area contributed by atoms with Crippen LogP contribution in [0.25, 0.3) is 0 Å². The summed E-state index contributed by atoms with van der Waals surface area (Å²) < 4.78 is 0. The second-order valence-electron chi connectivity index (χ2n) is 5.09. The van der Waals surface area contributed by atoms with Gasteiger partial charge in [-0.3, -0.25) is 9.59 Å². The molecule has 0 spiro atoms. The molecule has 0 heterocycles. The lowest BCUT2D eigenvalue weighted by Crippen LogP contribution is -2.37. The summed E-state index contributed by atoms with van der Waals surface area (Å²) in [5, 5.41) is 23.0. The van der Waals surface area contributed by atoms with Crippen LogP contribution in [0, 0.1) is 22.7 Å². The van der Waals surface area contributed by atoms with Crippen LogP contribution in [0.5, 0.6) is 0 Å². The highest BCUT2D eigenvalue weighted by atomic mass is 16.2. The van der Waals surface area contributed by atoms with Gasteiger partial charge in [-0.25, -0.2) is 0 Å². The van der Waals surface area contributed by atoms with E-state index >= 15 is 0 Å². The molecule has 7 nitrogen and oxygen atoms in total. The summed E-state index contributed by atoms with van der Waals surface area (Å²) in [7, 11) is 0. The average Bonchev–Trinajstić information content (AvgIpc) is 2.64. The zero-order valence-electron chi connectivity index (χ0n) is 14.0. The minimum absolute atomic E-state index is 0.0252. The van der Waals surface area contributed by atoms with Crippen molar-refractivity contribution in [3.63, 3.8) is 0 Å². The number of hydrogen-bond acceptors (Lipinski definition) is 5. The summed E-state index contributed by atoms with van der Waals surface area (Å²) in [6.45, 7) is 4.43. The third-order valence-corrected chi connectivity index (χ3v) is 3.35. The van der Waals surface area contributed by atoms with Gasteiger partial charge in [0.1, 0.15) is 0 Å². The summed E-state index contributed by atoms with van der Waals surface area (Å²) in [6, 6.07) is 10.9. The molecule has 0 saturated carbocycles. The highest BCUT2D eigenvalue weighted by Gasteiger charge is 2.15. The van der Waals surface area contributed by atoms with Crippen LogP contribution < -0.4 is 10.6 Å². The number of para-hydroxylation sites is 1. The Morgan fingerprint density at radius 1 is 1.16 bits per heavy atom. The van der Waals surface area contributed by atoms with Crippen molar-refractivity contribution in [1.82, 2.24) is 10.2 Å². The van der Waals surface area contributed by atoms with E-state index in [9.17, 15) is 9.59 Å². The molecule has 0 aliphatic carbocycles. The Balaban J connectivity index is 2.73. The van der Waals surface area contributed by atoms with Gasteiger partial charge >= 0.3 is 0 Å². The first-order valence-electron chi connectivity index (χ1n) is 7.87. The molecular formula is C18H21N5O2. The molecule has 0 aliphatic rings. The molecule has 0 unspecified atom stereocenters. The molecule has 25 heavy (non-hydrogen) atoms. The van der Waals surface area contributed by atoms with Crippen LogP contribution in [0.2, 0.25) is 0 Å². The first kappa shape index (κ1) is 19.7. The molecule has 0 aliphatic heterocycles. The maximum Gasteiger partial charge on any atom is 0.253 e. The van der Waals surface area contributed by atoms with E-state index < -0.39 is 0 Å². The van der Waals surface area contributed by atoms with E-state index in [1.54, 1.807) is 30.3 Å². The lowest BCUT2D eigenvalue weighted by atomic mass is 10.1. The van der Waals surface area contributed by atoms with Gasteiger partial charge in [0, 0.05) is 25.3 Å². The zero-order valence-corrected chi connectivity index (χ0v) is 14.0. The SMILES string of the molecule is C=CCNC(=O)c1ccccc1NCC(=O)N(CCC#N)CCC#N. The van der Waals surface area contributed by atoms with Crippen molar-refractivity contribution < 1.29 is 9.59 Å². The summed E-state index contributed by atoms with van der Waals surface area (Å²) in [4.78, 5) is 25.9. The number of amides is 2. The molecule has 0 fully saturated rings. The van der Waals surface area contributed by atoms with Crippen molar-refractivity contribution in [2.24, 2.45) is 0 Å². The molecule has 7 heteroatoms. The lowest BCUT2D eigenvalue weighted by molar-refractivity contribution is -0.129. The van der Waals surface area contributed by atoms with Crippen molar-refractivity contribution in [2.45, 2.75) is 12.8 Å². The maximum atomic E-state index is 12.3. The van der Waals surface area contributed by atoms with E-state index in [0.29, 0.717) is 17.8 Å². The maximum absolute atomic E-state index is 12.3. The van der Waals surface area contributed by atoms with E-state index in [-0.39, 0.29) is 44.3 Å². The zero-order chi connectivity index (χ0) is 18.5. The Morgan fingerprint density at radius 2 is 1.80 bits per heavy atom. The average molecular weight is 339 g/mol. The van der Waals surface area contributed by atoms with Gasteiger partial charge in [-0.2, -0.15) is 10.5 Å². The van der Waals surface area contributed by atoms with E-state index in [1.807, 2.05) is 12.1 Å². The van der Waals surface area contributed by atoms with Crippen LogP contribution in [0.15, 0.2) is 36.9 Å². The van der Waals surface area contributed by atoms with Crippen molar-refractivity contribution in [3.05, 3.63) is 42.5 Å². The molecule has 130 valence electrons. The topological polar surface area (TPSA) is 109 Å². The number of anilines is 1. The highest BCUT2D eigenvalue weighted by molar-refractivity contribution is 6.00. The minimum atomic E-state index is -0.263. The first-order chi connectivity index (χ1) is 12.1. The fourth-order valence-electron chi connectivity index (χ4n) is 2.11. The molecule has 0 atom stereocenters. The predicted octanol–water partition coefficient (Wildman–Crippen LogP) is 1.67. The number of benzene rings is 1. The molecule has 1 rings (SSSR count). The van der Waals surface area contributed by atoms with Gasteiger partial charge in [0.25, 0.3) is 5.91 Å². The van der Waals surface area contributed by atoms with Crippen molar-refractivity contribution >= 4 is 17.5 Å². The fraction of sp³-hybridized carbons (Fsp3) is 0.333. The second kappa shape index (κ2) is 11.3. The second-order valence-corrected chi connectivity index (χ2v) is 5.09. The van der Waals surface area contributed by atoms with Gasteiger partial charge in [-0.1, -0.05) is 18.2 Å². The summed E-state index contributed by atoms with van der Waals surface area (Å²) >= 11 is 0. The Hall–Kier alpha value is -3.32. The third kappa shape index (κ3) is 6.76. The smallest absolute Gasteiger partial charge is 0.253 e. The van der Waals surface area contributed by atoms with Crippen LogP contribution in [0.4, 0.5) is 5.69 Å². The molecule has 0 aromatic heterocycles.